The summed E-state index contributed by atoms with van der Waals surface area (Å²) >= 11 is 0. The lowest BCUT2D eigenvalue weighted by atomic mass is 9.97. The van der Waals surface area contributed by atoms with Crippen LogP contribution in [0.4, 0.5) is 4.79 Å². The van der Waals surface area contributed by atoms with Crippen LogP contribution in [0.3, 0.4) is 0 Å². The van der Waals surface area contributed by atoms with Crippen molar-refractivity contribution in [3.63, 3.8) is 0 Å². The second kappa shape index (κ2) is 6.11. The molecule has 3 rings (SSSR count). The second-order valence-electron chi connectivity index (χ2n) is 6.93. The van der Waals surface area contributed by atoms with Crippen LogP contribution in [0.2, 0.25) is 0 Å². The number of benzene rings is 2. The molecule has 0 spiro atoms. The van der Waals surface area contributed by atoms with E-state index in [-0.39, 0.29) is 12.5 Å². The highest BCUT2D eigenvalue weighted by atomic mass is 16.7. The minimum absolute atomic E-state index is 0.0466. The number of esters is 1. The molecule has 0 N–H and O–H groups in total. The topological polar surface area (TPSA) is 52.6 Å². The Hall–Kier alpha value is -2.62. The number of hydrogen-bond acceptors (Lipinski definition) is 4. The van der Waals surface area contributed by atoms with Gasteiger partial charge in [0.25, 0.3) is 0 Å². The number of carbonyl (C=O) groups is 2. The van der Waals surface area contributed by atoms with Gasteiger partial charge >= 0.3 is 12.1 Å². The number of carbonyl (C=O) groups excluding carboxylic acids is 2. The van der Waals surface area contributed by atoms with Crippen LogP contribution in [0.15, 0.2) is 48.5 Å². The quantitative estimate of drug-likeness (QED) is 0.602. The molecular weight excluding hydrogens is 304 g/mol. The zero-order chi connectivity index (χ0) is 17.3. The van der Waals surface area contributed by atoms with Crippen molar-refractivity contribution in [2.75, 3.05) is 6.61 Å². The van der Waals surface area contributed by atoms with Crippen molar-refractivity contribution in [1.82, 2.24) is 0 Å². The van der Waals surface area contributed by atoms with Gasteiger partial charge in [0, 0.05) is 5.92 Å². The maximum absolute atomic E-state index is 11.8. The zero-order valence-corrected chi connectivity index (χ0v) is 14.0. The molecular formula is C20H20O4. The van der Waals surface area contributed by atoms with E-state index in [0.717, 1.165) is 22.3 Å². The van der Waals surface area contributed by atoms with Crippen LogP contribution < -0.4 is 0 Å². The molecule has 0 aliphatic heterocycles. The van der Waals surface area contributed by atoms with E-state index in [4.69, 9.17) is 9.47 Å². The predicted octanol–water partition coefficient (Wildman–Crippen LogP) is 4.52. The maximum Gasteiger partial charge on any atom is 0.516 e. The van der Waals surface area contributed by atoms with Crippen molar-refractivity contribution in [3.05, 3.63) is 59.7 Å². The van der Waals surface area contributed by atoms with Gasteiger partial charge in [0.1, 0.15) is 6.61 Å². The van der Waals surface area contributed by atoms with Gasteiger partial charge in [-0.1, -0.05) is 48.5 Å². The average Bonchev–Trinajstić information content (AvgIpc) is 2.86. The highest BCUT2D eigenvalue weighted by Gasteiger charge is 2.30. The van der Waals surface area contributed by atoms with Gasteiger partial charge in [0.2, 0.25) is 0 Å². The van der Waals surface area contributed by atoms with Gasteiger partial charge in [-0.2, -0.15) is 0 Å². The molecule has 4 nitrogen and oxygen atoms in total. The third-order valence-electron chi connectivity index (χ3n) is 4.12. The maximum atomic E-state index is 11.8. The van der Waals surface area contributed by atoms with Gasteiger partial charge in [0.05, 0.1) is 5.41 Å². The lowest BCUT2D eigenvalue weighted by molar-refractivity contribution is -0.148. The molecule has 0 heterocycles. The largest absolute Gasteiger partial charge is 0.516 e. The van der Waals surface area contributed by atoms with Crippen molar-refractivity contribution in [1.29, 1.82) is 0 Å². The fourth-order valence-corrected chi connectivity index (χ4v) is 2.85. The average molecular weight is 324 g/mol. The third-order valence-corrected chi connectivity index (χ3v) is 4.12. The third kappa shape index (κ3) is 3.04. The second-order valence-corrected chi connectivity index (χ2v) is 6.93. The van der Waals surface area contributed by atoms with Crippen LogP contribution in [0.1, 0.15) is 37.8 Å². The fourth-order valence-electron chi connectivity index (χ4n) is 2.85. The Bertz CT molecular complexity index is 741. The number of fused-ring (bicyclic) bond motifs is 3. The van der Waals surface area contributed by atoms with E-state index < -0.39 is 17.5 Å². The van der Waals surface area contributed by atoms with Gasteiger partial charge in [-0.15, -0.1) is 0 Å². The Morgan fingerprint density at radius 3 is 1.92 bits per heavy atom. The molecule has 0 radical (unpaired) electrons. The van der Waals surface area contributed by atoms with E-state index in [0.29, 0.717) is 0 Å². The molecule has 0 unspecified atom stereocenters. The summed E-state index contributed by atoms with van der Waals surface area (Å²) in [6.07, 6.45) is -0.947. The number of rotatable bonds is 2. The molecule has 0 saturated heterocycles. The first-order chi connectivity index (χ1) is 11.4. The Morgan fingerprint density at radius 2 is 1.42 bits per heavy atom. The molecule has 1 aliphatic rings. The highest BCUT2D eigenvalue weighted by Crippen LogP contribution is 2.44. The smallest absolute Gasteiger partial charge is 0.433 e. The van der Waals surface area contributed by atoms with Crippen molar-refractivity contribution in [2.45, 2.75) is 26.7 Å². The summed E-state index contributed by atoms with van der Waals surface area (Å²) in [7, 11) is 0. The van der Waals surface area contributed by atoms with Crippen LogP contribution in [0.25, 0.3) is 11.1 Å². The van der Waals surface area contributed by atoms with Crippen molar-refractivity contribution >= 4 is 12.1 Å². The van der Waals surface area contributed by atoms with E-state index in [9.17, 15) is 9.59 Å². The predicted molar refractivity (Wildman–Crippen MR) is 90.6 cm³/mol. The Kier molecular flexibility index (Phi) is 4.14. The van der Waals surface area contributed by atoms with Gasteiger partial charge in [-0.05, 0) is 43.0 Å². The van der Waals surface area contributed by atoms with Crippen LogP contribution in [0.5, 0.6) is 0 Å². The van der Waals surface area contributed by atoms with Crippen LogP contribution >= 0.6 is 0 Å². The minimum Gasteiger partial charge on any atom is -0.433 e. The standard InChI is InChI=1S/C20H20O4/c1-20(2,3)18(21)24-19(22)23-12-17-15-10-6-4-8-13(15)14-9-5-7-11-16(14)17/h4-11,17H,12H2,1-3H3. The summed E-state index contributed by atoms with van der Waals surface area (Å²) in [5.41, 5.74) is 3.80. The monoisotopic (exact) mass is 324 g/mol. The molecule has 2 aromatic rings. The molecule has 124 valence electrons. The Balaban J connectivity index is 1.74. The first-order valence-corrected chi connectivity index (χ1v) is 7.95. The van der Waals surface area contributed by atoms with E-state index in [1.165, 1.54) is 0 Å². The van der Waals surface area contributed by atoms with Crippen LogP contribution in [0, 0.1) is 5.41 Å². The molecule has 2 aromatic carbocycles. The zero-order valence-electron chi connectivity index (χ0n) is 14.0. The first kappa shape index (κ1) is 16.2. The Morgan fingerprint density at radius 1 is 0.917 bits per heavy atom. The summed E-state index contributed by atoms with van der Waals surface area (Å²) < 4.78 is 9.97. The van der Waals surface area contributed by atoms with E-state index >= 15 is 0 Å². The van der Waals surface area contributed by atoms with Gasteiger partial charge in [-0.25, -0.2) is 4.79 Å². The molecule has 24 heavy (non-hydrogen) atoms. The number of ether oxygens (including phenoxy) is 2. The highest BCUT2D eigenvalue weighted by molar-refractivity contribution is 5.85. The molecule has 4 heteroatoms. The molecule has 0 bridgehead atoms. The van der Waals surface area contributed by atoms with E-state index in [2.05, 4.69) is 12.1 Å². The minimum atomic E-state index is -0.947. The molecule has 0 saturated carbocycles. The lowest BCUT2D eigenvalue weighted by Crippen LogP contribution is -2.26. The summed E-state index contributed by atoms with van der Waals surface area (Å²) in [5.74, 6) is -0.644. The Labute approximate surface area is 141 Å². The van der Waals surface area contributed by atoms with Gasteiger partial charge in [-0.3, -0.25) is 4.79 Å². The lowest BCUT2D eigenvalue weighted by Gasteiger charge is -2.17. The van der Waals surface area contributed by atoms with Crippen LogP contribution in [-0.2, 0) is 14.3 Å². The molecule has 0 amide bonds. The van der Waals surface area contributed by atoms with E-state index in [1.54, 1.807) is 20.8 Å². The molecule has 0 aromatic heterocycles. The van der Waals surface area contributed by atoms with Crippen molar-refractivity contribution < 1.29 is 19.1 Å². The normalized spacial score (nSPS) is 13.1. The van der Waals surface area contributed by atoms with Gasteiger partial charge in [0.15, 0.2) is 0 Å². The number of hydrogen-bond donors (Lipinski definition) is 0. The molecule has 0 fully saturated rings. The van der Waals surface area contributed by atoms with Crippen molar-refractivity contribution in [2.24, 2.45) is 5.41 Å². The van der Waals surface area contributed by atoms with Crippen LogP contribution in [-0.4, -0.2) is 18.7 Å². The SMILES string of the molecule is CC(C)(C)C(=O)OC(=O)OCC1c2ccccc2-c2ccccc21. The van der Waals surface area contributed by atoms with Crippen molar-refractivity contribution in [3.8, 4) is 11.1 Å². The summed E-state index contributed by atoms with van der Waals surface area (Å²) in [5, 5.41) is 0. The molecule has 1 aliphatic carbocycles. The summed E-state index contributed by atoms with van der Waals surface area (Å²) in [4.78, 5) is 23.6. The van der Waals surface area contributed by atoms with E-state index in [1.807, 2.05) is 36.4 Å². The fraction of sp³-hybridized carbons (Fsp3) is 0.300. The summed E-state index contributed by atoms with van der Waals surface area (Å²) in [6.45, 7) is 5.20. The van der Waals surface area contributed by atoms with Gasteiger partial charge < -0.3 is 9.47 Å². The first-order valence-electron chi connectivity index (χ1n) is 7.95. The summed E-state index contributed by atoms with van der Waals surface area (Å²) in [6, 6.07) is 16.1. The molecule has 0 atom stereocenters.